The van der Waals surface area contributed by atoms with Crippen LogP contribution in [0.5, 0.6) is 5.75 Å². The van der Waals surface area contributed by atoms with Gasteiger partial charge in [-0.1, -0.05) is 0 Å². The molecule has 0 unspecified atom stereocenters. The van der Waals surface area contributed by atoms with Crippen molar-refractivity contribution >= 4 is 27.4 Å². The van der Waals surface area contributed by atoms with Crippen molar-refractivity contribution in [3.63, 3.8) is 0 Å². The van der Waals surface area contributed by atoms with Crippen molar-refractivity contribution in [1.29, 1.82) is 0 Å². The van der Waals surface area contributed by atoms with Gasteiger partial charge in [0.25, 0.3) is 5.91 Å². The van der Waals surface area contributed by atoms with Gasteiger partial charge in [-0.3, -0.25) is 9.59 Å². The lowest BCUT2D eigenvalue weighted by Crippen LogP contribution is -2.49. The summed E-state index contributed by atoms with van der Waals surface area (Å²) in [4.78, 5) is 28.3. The van der Waals surface area contributed by atoms with Gasteiger partial charge in [0, 0.05) is 31.7 Å². The fourth-order valence-corrected chi connectivity index (χ4v) is 4.79. The number of anilines is 1. The molecule has 1 saturated heterocycles. The van der Waals surface area contributed by atoms with Crippen molar-refractivity contribution in [1.82, 2.24) is 9.62 Å². The monoisotopic (exact) mass is 489 g/mol. The van der Waals surface area contributed by atoms with Crippen LogP contribution in [-0.2, 0) is 10.0 Å². The van der Waals surface area contributed by atoms with Crippen LogP contribution in [0.15, 0.2) is 41.3 Å². The number of sulfonamides is 1. The van der Waals surface area contributed by atoms with Crippen LogP contribution in [0.3, 0.4) is 0 Å². The first-order valence-corrected chi connectivity index (χ1v) is 12.8. The number of halogens is 1. The van der Waals surface area contributed by atoms with Gasteiger partial charge in [0.2, 0.25) is 10.0 Å². The molecule has 10 heteroatoms. The van der Waals surface area contributed by atoms with Gasteiger partial charge in [-0.25, -0.2) is 17.5 Å². The van der Waals surface area contributed by atoms with Gasteiger partial charge in [0.1, 0.15) is 11.6 Å². The highest BCUT2D eigenvalue weighted by atomic mass is 32.2. The summed E-state index contributed by atoms with van der Waals surface area (Å²) in [5.41, 5.74) is 0.896. The third kappa shape index (κ3) is 4.92. The highest BCUT2D eigenvalue weighted by Crippen LogP contribution is 2.31. The number of hydrogen-bond acceptors (Lipinski definition) is 6. The molecule has 2 fully saturated rings. The number of Topliss-reactive ketones (excluding diaryl/α,β-unsaturated/α-hetero) is 1. The number of hydrogen-bond donors (Lipinski definition) is 1. The number of ether oxygens (including phenoxy) is 1. The first-order chi connectivity index (χ1) is 16.2. The minimum atomic E-state index is -3.73. The van der Waals surface area contributed by atoms with Crippen LogP contribution in [0.25, 0.3) is 0 Å². The molecule has 0 bridgehead atoms. The maximum Gasteiger partial charge on any atom is 0.257 e. The molecule has 0 atom stereocenters. The number of benzene rings is 2. The van der Waals surface area contributed by atoms with E-state index in [1.54, 1.807) is 17.0 Å². The van der Waals surface area contributed by atoms with E-state index < -0.39 is 15.8 Å². The van der Waals surface area contributed by atoms with Crippen molar-refractivity contribution in [2.45, 2.75) is 37.2 Å². The average Bonchev–Trinajstić information content (AvgIpc) is 2.81. The van der Waals surface area contributed by atoms with Crippen molar-refractivity contribution < 1.29 is 27.1 Å². The molecular weight excluding hydrogens is 461 g/mol. The van der Waals surface area contributed by atoms with Crippen LogP contribution >= 0.6 is 0 Å². The zero-order valence-electron chi connectivity index (χ0n) is 19.2. The molecule has 1 N–H and O–H groups in total. The highest BCUT2D eigenvalue weighted by Gasteiger charge is 2.29. The molecule has 8 nitrogen and oxygen atoms in total. The normalized spacial score (nSPS) is 16.8. The number of piperazine rings is 1. The number of carbonyl (C=O) groups excluding carboxylic acids is 2. The van der Waals surface area contributed by atoms with Crippen LogP contribution in [0.2, 0.25) is 0 Å². The molecule has 0 aromatic heterocycles. The molecule has 2 aromatic carbocycles. The summed E-state index contributed by atoms with van der Waals surface area (Å²) < 4.78 is 47.4. The molecule has 182 valence electrons. The first-order valence-electron chi connectivity index (χ1n) is 11.3. The molecule has 0 spiro atoms. The summed E-state index contributed by atoms with van der Waals surface area (Å²) in [5.74, 6) is -0.635. The maximum atomic E-state index is 14.6. The van der Waals surface area contributed by atoms with Gasteiger partial charge >= 0.3 is 0 Å². The molecule has 34 heavy (non-hydrogen) atoms. The quantitative estimate of drug-likeness (QED) is 0.601. The Kier molecular flexibility index (Phi) is 6.90. The molecule has 2 aromatic rings. The van der Waals surface area contributed by atoms with Gasteiger partial charge in [-0.2, -0.15) is 0 Å². The molecule has 2 aliphatic rings. The molecule has 0 radical (unpaired) electrons. The Bertz CT molecular complexity index is 1210. The number of amides is 1. The predicted molar refractivity (Wildman–Crippen MR) is 125 cm³/mol. The molecule has 1 amide bonds. The van der Waals surface area contributed by atoms with E-state index in [2.05, 4.69) is 4.72 Å². The van der Waals surface area contributed by atoms with E-state index in [1.807, 2.05) is 4.90 Å². The van der Waals surface area contributed by atoms with E-state index in [-0.39, 0.29) is 28.3 Å². The van der Waals surface area contributed by atoms with E-state index in [1.165, 1.54) is 38.2 Å². The second-order valence-corrected chi connectivity index (χ2v) is 10.4. The second kappa shape index (κ2) is 9.71. The molecule has 1 saturated carbocycles. The van der Waals surface area contributed by atoms with Gasteiger partial charge in [-0.15, -0.1) is 0 Å². The third-order valence-corrected chi connectivity index (χ3v) is 7.78. The van der Waals surface area contributed by atoms with Crippen LogP contribution in [0.1, 0.15) is 46.9 Å². The molecule has 4 rings (SSSR count). The third-order valence-electron chi connectivity index (χ3n) is 6.37. The van der Waals surface area contributed by atoms with E-state index in [9.17, 15) is 22.4 Å². The lowest BCUT2D eigenvalue weighted by Gasteiger charge is -2.36. The fourth-order valence-electron chi connectivity index (χ4n) is 4.04. The van der Waals surface area contributed by atoms with Crippen LogP contribution in [0.4, 0.5) is 10.1 Å². The summed E-state index contributed by atoms with van der Waals surface area (Å²) in [5, 5.41) is 0. The molecule has 1 aliphatic carbocycles. The minimum Gasteiger partial charge on any atom is -0.490 e. The lowest BCUT2D eigenvalue weighted by atomic mass is 9.96. The van der Waals surface area contributed by atoms with Crippen molar-refractivity contribution in [3.05, 3.63) is 53.3 Å². The number of nitrogens with one attached hydrogen (secondary N) is 1. The van der Waals surface area contributed by atoms with Crippen molar-refractivity contribution in [2.24, 2.45) is 0 Å². The number of rotatable bonds is 7. The Balaban J connectivity index is 1.53. The van der Waals surface area contributed by atoms with Crippen LogP contribution in [-0.4, -0.2) is 64.3 Å². The van der Waals surface area contributed by atoms with E-state index >= 15 is 0 Å². The van der Waals surface area contributed by atoms with Crippen molar-refractivity contribution in [3.8, 4) is 5.75 Å². The van der Waals surface area contributed by atoms with Gasteiger partial charge in [-0.05, 0) is 69.6 Å². The predicted octanol–water partition coefficient (Wildman–Crippen LogP) is 2.83. The van der Waals surface area contributed by atoms with E-state index in [4.69, 9.17) is 4.74 Å². The Hall–Kier alpha value is -2.98. The Morgan fingerprint density at radius 1 is 1.06 bits per heavy atom. The number of nitrogens with zero attached hydrogens (tertiary/aromatic N) is 2. The maximum absolute atomic E-state index is 14.6. The van der Waals surface area contributed by atoms with Gasteiger partial charge in [0.15, 0.2) is 5.78 Å². The average molecular weight is 490 g/mol. The second-order valence-electron chi connectivity index (χ2n) is 8.54. The SMILES string of the molecule is CNS(=O)(=O)c1ccc(OC2CCC2)c(C(=O)N2CCN(c3ccc(C(C)=O)cc3F)CC2)c1. The zero-order chi connectivity index (χ0) is 24.5. The van der Waals surface area contributed by atoms with E-state index in [0.717, 1.165) is 19.3 Å². The fraction of sp³-hybridized carbons (Fsp3) is 0.417. The highest BCUT2D eigenvalue weighted by molar-refractivity contribution is 7.89. The molecular formula is C24H28FN3O5S. The van der Waals surface area contributed by atoms with Gasteiger partial charge < -0.3 is 14.5 Å². The first kappa shape index (κ1) is 24.2. The smallest absolute Gasteiger partial charge is 0.257 e. The Morgan fingerprint density at radius 2 is 1.76 bits per heavy atom. The summed E-state index contributed by atoms with van der Waals surface area (Å²) >= 11 is 0. The standard InChI is InChI=1S/C24H28FN3O5S/c1-16(29)17-6-8-22(21(25)14-17)27-10-12-28(13-11-27)24(30)20-15-19(34(31,32)26-2)7-9-23(20)33-18-4-3-5-18/h6-9,14-15,18,26H,3-5,10-13H2,1-2H3. The summed E-state index contributed by atoms with van der Waals surface area (Å²) in [6.07, 6.45) is 2.89. The summed E-state index contributed by atoms with van der Waals surface area (Å²) in [6.45, 7) is 2.85. The van der Waals surface area contributed by atoms with Crippen molar-refractivity contribution in [2.75, 3.05) is 38.1 Å². The summed E-state index contributed by atoms with van der Waals surface area (Å²) in [6, 6.07) is 8.73. The van der Waals surface area contributed by atoms with Crippen LogP contribution < -0.4 is 14.4 Å². The Labute approximate surface area is 198 Å². The van der Waals surface area contributed by atoms with Crippen LogP contribution in [0, 0.1) is 5.82 Å². The minimum absolute atomic E-state index is 0.00872. The van der Waals surface area contributed by atoms with E-state index in [0.29, 0.717) is 43.2 Å². The molecule has 1 heterocycles. The zero-order valence-corrected chi connectivity index (χ0v) is 20.0. The number of ketones is 1. The lowest BCUT2D eigenvalue weighted by molar-refractivity contribution is 0.0728. The summed E-state index contributed by atoms with van der Waals surface area (Å²) in [7, 11) is -2.41. The number of carbonyl (C=O) groups is 2. The topological polar surface area (TPSA) is 96.0 Å². The van der Waals surface area contributed by atoms with Gasteiger partial charge in [0.05, 0.1) is 22.3 Å². The molecule has 1 aliphatic heterocycles. The largest absolute Gasteiger partial charge is 0.490 e. The Morgan fingerprint density at radius 3 is 2.32 bits per heavy atom.